The van der Waals surface area contributed by atoms with Gasteiger partial charge in [-0.25, -0.2) is 4.98 Å². The van der Waals surface area contributed by atoms with Crippen LogP contribution in [0.5, 0.6) is 0 Å². The molecule has 0 spiro atoms. The summed E-state index contributed by atoms with van der Waals surface area (Å²) in [6.45, 7) is 7.07. The number of oxazole rings is 1. The molecule has 1 saturated heterocycles. The summed E-state index contributed by atoms with van der Waals surface area (Å²) >= 11 is 1.62. The number of aryl methyl sites for hydroxylation is 2. The summed E-state index contributed by atoms with van der Waals surface area (Å²) in [5, 5.41) is 9.95. The first-order valence-electron chi connectivity index (χ1n) is 10.7. The number of anilines is 1. The van der Waals surface area contributed by atoms with Gasteiger partial charge in [-0.3, -0.25) is 4.57 Å². The van der Waals surface area contributed by atoms with Crippen LogP contribution in [0, 0.1) is 13.8 Å². The monoisotopic (exact) mass is 447 g/mol. The molecule has 0 atom stereocenters. The van der Waals surface area contributed by atoms with E-state index in [4.69, 9.17) is 14.1 Å². The maximum atomic E-state index is 5.93. The maximum Gasteiger partial charge on any atom is 0.232 e. The third-order valence-electron chi connectivity index (χ3n) is 5.52. The number of hydrogen-bond acceptors (Lipinski definition) is 7. The van der Waals surface area contributed by atoms with Gasteiger partial charge in [0.2, 0.25) is 11.8 Å². The van der Waals surface area contributed by atoms with Crippen LogP contribution in [0.2, 0.25) is 0 Å². The van der Waals surface area contributed by atoms with Gasteiger partial charge in [0, 0.05) is 24.4 Å². The topological polar surface area (TPSA) is 69.2 Å². The van der Waals surface area contributed by atoms with Gasteiger partial charge in [-0.05, 0) is 37.6 Å². The van der Waals surface area contributed by atoms with E-state index in [9.17, 15) is 0 Å². The van der Waals surface area contributed by atoms with Crippen LogP contribution in [0.15, 0.2) is 64.2 Å². The Morgan fingerprint density at radius 3 is 2.47 bits per heavy atom. The van der Waals surface area contributed by atoms with Crippen LogP contribution in [0.4, 0.5) is 5.95 Å². The van der Waals surface area contributed by atoms with Crippen molar-refractivity contribution >= 4 is 17.7 Å². The van der Waals surface area contributed by atoms with Crippen LogP contribution in [0.3, 0.4) is 0 Å². The Kier molecular flexibility index (Phi) is 5.96. The molecule has 0 aliphatic carbocycles. The fraction of sp³-hybridized carbons (Fsp3) is 0.292. The summed E-state index contributed by atoms with van der Waals surface area (Å²) < 4.78 is 13.6. The smallest absolute Gasteiger partial charge is 0.232 e. The lowest BCUT2D eigenvalue weighted by Crippen LogP contribution is -2.38. The van der Waals surface area contributed by atoms with Crippen LogP contribution < -0.4 is 4.90 Å². The second-order valence-electron chi connectivity index (χ2n) is 7.68. The standard InChI is InChI=1S/C24H25N5O2S/c1-17-8-6-7-11-21(17)29-23(28-12-14-30-15-13-28)26-27-24(29)32-16-20-18(2)31-22(25-20)19-9-4-3-5-10-19/h3-11H,12-16H2,1-2H3. The zero-order chi connectivity index (χ0) is 21.9. The molecule has 0 bridgehead atoms. The predicted octanol–water partition coefficient (Wildman–Crippen LogP) is 4.67. The van der Waals surface area contributed by atoms with Crippen molar-refractivity contribution in [2.45, 2.75) is 24.8 Å². The van der Waals surface area contributed by atoms with Crippen molar-refractivity contribution in [3.8, 4) is 17.1 Å². The molecule has 2 aromatic carbocycles. The van der Waals surface area contributed by atoms with Crippen molar-refractivity contribution in [2.24, 2.45) is 0 Å². The van der Waals surface area contributed by atoms with Crippen molar-refractivity contribution in [1.29, 1.82) is 0 Å². The molecule has 1 fully saturated rings. The average molecular weight is 448 g/mol. The highest BCUT2D eigenvalue weighted by molar-refractivity contribution is 7.98. The van der Waals surface area contributed by atoms with Gasteiger partial charge < -0.3 is 14.1 Å². The van der Waals surface area contributed by atoms with Crippen molar-refractivity contribution in [2.75, 3.05) is 31.2 Å². The summed E-state index contributed by atoms with van der Waals surface area (Å²) in [6.07, 6.45) is 0. The Hall–Kier alpha value is -3.10. The van der Waals surface area contributed by atoms with E-state index in [0.29, 0.717) is 24.9 Å². The molecule has 0 unspecified atom stereocenters. The lowest BCUT2D eigenvalue weighted by Gasteiger charge is -2.28. The predicted molar refractivity (Wildman–Crippen MR) is 125 cm³/mol. The van der Waals surface area contributed by atoms with Gasteiger partial charge in [0.1, 0.15) is 5.76 Å². The van der Waals surface area contributed by atoms with Gasteiger partial charge in [0.15, 0.2) is 5.16 Å². The highest BCUT2D eigenvalue weighted by Crippen LogP contribution is 2.32. The Morgan fingerprint density at radius 2 is 1.69 bits per heavy atom. The summed E-state index contributed by atoms with van der Waals surface area (Å²) in [6, 6.07) is 18.3. The third kappa shape index (κ3) is 4.16. The Morgan fingerprint density at radius 1 is 0.938 bits per heavy atom. The lowest BCUT2D eigenvalue weighted by atomic mass is 10.2. The normalized spacial score (nSPS) is 14.1. The molecule has 1 aliphatic rings. The number of para-hydroxylation sites is 1. The fourth-order valence-corrected chi connectivity index (χ4v) is 4.69. The molecule has 0 radical (unpaired) electrons. The van der Waals surface area contributed by atoms with Gasteiger partial charge in [-0.15, -0.1) is 10.2 Å². The molecule has 8 heteroatoms. The molecule has 5 rings (SSSR count). The first-order valence-corrected chi connectivity index (χ1v) is 11.7. The van der Waals surface area contributed by atoms with Crippen LogP contribution in [-0.2, 0) is 10.5 Å². The van der Waals surface area contributed by atoms with Crippen LogP contribution in [0.25, 0.3) is 17.1 Å². The second-order valence-corrected chi connectivity index (χ2v) is 8.62. The minimum atomic E-state index is 0.646. The van der Waals surface area contributed by atoms with E-state index in [1.54, 1.807) is 11.8 Å². The molecule has 32 heavy (non-hydrogen) atoms. The number of morpholine rings is 1. The number of nitrogens with zero attached hydrogens (tertiary/aromatic N) is 5. The molecule has 0 amide bonds. The van der Waals surface area contributed by atoms with E-state index in [1.165, 1.54) is 5.56 Å². The number of hydrogen-bond donors (Lipinski definition) is 0. The van der Waals surface area contributed by atoms with Crippen molar-refractivity contribution < 1.29 is 9.15 Å². The van der Waals surface area contributed by atoms with E-state index >= 15 is 0 Å². The minimum Gasteiger partial charge on any atom is -0.441 e. The molecule has 0 saturated carbocycles. The van der Waals surface area contributed by atoms with Crippen molar-refractivity contribution in [3.05, 3.63) is 71.6 Å². The van der Waals surface area contributed by atoms with Gasteiger partial charge in [0.05, 0.1) is 24.6 Å². The highest BCUT2D eigenvalue weighted by Gasteiger charge is 2.23. The van der Waals surface area contributed by atoms with Gasteiger partial charge in [-0.2, -0.15) is 0 Å². The molecule has 3 heterocycles. The molecule has 7 nitrogen and oxygen atoms in total. The van der Waals surface area contributed by atoms with Crippen molar-refractivity contribution in [3.63, 3.8) is 0 Å². The van der Waals surface area contributed by atoms with E-state index in [1.807, 2.05) is 49.4 Å². The zero-order valence-corrected chi connectivity index (χ0v) is 19.0. The Balaban J connectivity index is 1.45. The number of ether oxygens (including phenoxy) is 1. The second kappa shape index (κ2) is 9.18. The van der Waals surface area contributed by atoms with Gasteiger partial charge >= 0.3 is 0 Å². The minimum absolute atomic E-state index is 0.646. The van der Waals surface area contributed by atoms with Crippen molar-refractivity contribution in [1.82, 2.24) is 19.7 Å². The molecule has 2 aromatic heterocycles. The number of thioether (sulfide) groups is 1. The summed E-state index contributed by atoms with van der Waals surface area (Å²) in [7, 11) is 0. The number of aromatic nitrogens is 4. The van der Waals surface area contributed by atoms with Crippen LogP contribution in [-0.4, -0.2) is 46.1 Å². The van der Waals surface area contributed by atoms with Gasteiger partial charge in [0.25, 0.3) is 0 Å². The first-order chi connectivity index (χ1) is 15.7. The third-order valence-corrected chi connectivity index (χ3v) is 6.46. The quantitative estimate of drug-likeness (QED) is 0.398. The zero-order valence-electron chi connectivity index (χ0n) is 18.2. The summed E-state index contributed by atoms with van der Waals surface area (Å²) in [4.78, 5) is 6.98. The number of rotatable bonds is 6. The van der Waals surface area contributed by atoms with Crippen LogP contribution in [0.1, 0.15) is 17.0 Å². The molecule has 0 N–H and O–H groups in total. The van der Waals surface area contributed by atoms with E-state index in [-0.39, 0.29) is 0 Å². The van der Waals surface area contributed by atoms with E-state index < -0.39 is 0 Å². The average Bonchev–Trinajstić information content (AvgIpc) is 3.42. The highest BCUT2D eigenvalue weighted by atomic mass is 32.2. The van der Waals surface area contributed by atoms with Gasteiger partial charge in [-0.1, -0.05) is 48.2 Å². The summed E-state index contributed by atoms with van der Waals surface area (Å²) in [5.41, 5.74) is 4.15. The molecule has 164 valence electrons. The molecular weight excluding hydrogens is 422 g/mol. The van der Waals surface area contributed by atoms with Crippen LogP contribution >= 0.6 is 11.8 Å². The maximum absolute atomic E-state index is 5.93. The molecular formula is C24H25N5O2S. The fourth-order valence-electron chi connectivity index (χ4n) is 3.75. The Bertz CT molecular complexity index is 1200. The molecule has 1 aliphatic heterocycles. The number of benzene rings is 2. The summed E-state index contributed by atoms with van der Waals surface area (Å²) in [5.74, 6) is 2.97. The van der Waals surface area contributed by atoms with E-state index in [0.717, 1.165) is 46.9 Å². The Labute approximate surface area is 191 Å². The lowest BCUT2D eigenvalue weighted by molar-refractivity contribution is 0.122. The molecule has 4 aromatic rings. The first kappa shape index (κ1) is 20.8. The SMILES string of the molecule is Cc1ccccc1-n1c(SCc2nc(-c3ccccc3)oc2C)nnc1N1CCOCC1. The van der Waals surface area contributed by atoms with E-state index in [2.05, 4.69) is 38.7 Å². The largest absolute Gasteiger partial charge is 0.441 e.